The number of nitrogens with one attached hydrogen (secondary N) is 1. The number of hydrogen-bond acceptors (Lipinski definition) is 4. The van der Waals surface area contributed by atoms with Gasteiger partial charge in [-0.1, -0.05) is 0 Å². The van der Waals surface area contributed by atoms with Crippen molar-refractivity contribution >= 4 is 17.5 Å². The number of carbonyl (C=O) groups is 1. The number of ether oxygens (including phenoxy) is 1. The molecule has 1 amide bonds. The maximum atomic E-state index is 12.1. The van der Waals surface area contributed by atoms with E-state index in [1.807, 2.05) is 0 Å². The minimum absolute atomic E-state index is 0.0209. The van der Waals surface area contributed by atoms with Gasteiger partial charge in [0.05, 0.1) is 6.54 Å². The number of halogens is 3. The van der Waals surface area contributed by atoms with Crippen molar-refractivity contribution in [2.45, 2.75) is 12.3 Å². The highest BCUT2D eigenvalue weighted by Crippen LogP contribution is 2.19. The fraction of sp³-hybridized carbons (Fsp3) is 0.333. The monoisotopic (exact) mass is 288 g/mol. The van der Waals surface area contributed by atoms with E-state index in [0.717, 1.165) is 0 Å². The molecule has 1 aliphatic heterocycles. The predicted octanol–water partition coefficient (Wildman–Crippen LogP) is 1.33. The topological polar surface area (TPSA) is 70.9 Å². The van der Waals surface area contributed by atoms with Crippen LogP contribution in [0.5, 0.6) is 0 Å². The Balaban J connectivity index is 2.05. The van der Waals surface area contributed by atoms with Gasteiger partial charge in [-0.25, -0.2) is 4.99 Å². The van der Waals surface area contributed by atoms with Gasteiger partial charge >= 0.3 is 12.1 Å². The highest BCUT2D eigenvalue weighted by Gasteiger charge is 2.38. The van der Waals surface area contributed by atoms with Crippen LogP contribution >= 0.6 is 0 Å². The van der Waals surface area contributed by atoms with Gasteiger partial charge in [-0.05, 0) is 24.3 Å². The van der Waals surface area contributed by atoms with Crippen LogP contribution in [0.1, 0.15) is 5.56 Å². The van der Waals surface area contributed by atoms with Gasteiger partial charge in [-0.2, -0.15) is 13.2 Å². The molecule has 0 aromatic heterocycles. The second-order valence-corrected chi connectivity index (χ2v) is 4.14. The normalized spacial score (nSPS) is 19.0. The molecule has 0 aliphatic carbocycles. The molecule has 1 unspecified atom stereocenters. The largest absolute Gasteiger partial charge is 0.475 e. The number of carbonyl (C=O) groups excluding carboxylic acids is 1. The summed E-state index contributed by atoms with van der Waals surface area (Å²) >= 11 is 0. The lowest BCUT2D eigenvalue weighted by Crippen LogP contribution is -2.30. The van der Waals surface area contributed by atoms with Crippen molar-refractivity contribution in [3.8, 4) is 0 Å². The molecule has 1 aliphatic rings. The molecule has 1 heterocycles. The zero-order chi connectivity index (χ0) is 14.8. The molecule has 0 saturated carbocycles. The van der Waals surface area contributed by atoms with Crippen LogP contribution in [0.2, 0.25) is 0 Å². The lowest BCUT2D eigenvalue weighted by atomic mass is 10.2. The van der Waals surface area contributed by atoms with E-state index in [1.54, 1.807) is 5.32 Å². The van der Waals surface area contributed by atoms with Gasteiger partial charge in [0.15, 0.2) is 0 Å². The third kappa shape index (κ3) is 3.47. The number of aliphatic hydroxyl groups excluding tert-OH is 1. The number of hydrogen-bond donors (Lipinski definition) is 2. The molecular weight excluding hydrogens is 277 g/mol. The first-order valence-electron chi connectivity index (χ1n) is 5.70. The van der Waals surface area contributed by atoms with E-state index in [4.69, 9.17) is 4.74 Å². The summed E-state index contributed by atoms with van der Waals surface area (Å²) in [6.45, 7) is 0.327. The number of nitrogens with zero attached hydrogens (tertiary/aromatic N) is 1. The van der Waals surface area contributed by atoms with E-state index >= 15 is 0 Å². The third-order valence-corrected chi connectivity index (χ3v) is 2.51. The zero-order valence-corrected chi connectivity index (χ0v) is 10.1. The summed E-state index contributed by atoms with van der Waals surface area (Å²) in [4.78, 5) is 14.7. The molecule has 0 fully saturated rings. The van der Waals surface area contributed by atoms with Crippen LogP contribution in [0, 0.1) is 0 Å². The molecule has 0 saturated heterocycles. The van der Waals surface area contributed by atoms with Crippen molar-refractivity contribution in [3.63, 3.8) is 0 Å². The molecule has 2 rings (SSSR count). The van der Waals surface area contributed by atoms with E-state index < -0.39 is 18.2 Å². The summed E-state index contributed by atoms with van der Waals surface area (Å²) in [5, 5.41) is 10.9. The molecule has 1 atom stereocenters. The van der Waals surface area contributed by atoms with Crippen molar-refractivity contribution in [1.29, 1.82) is 0 Å². The molecule has 0 bridgehead atoms. The van der Waals surface area contributed by atoms with Crippen LogP contribution in [-0.2, 0) is 9.53 Å². The number of benzene rings is 1. The molecule has 108 valence electrons. The summed E-state index contributed by atoms with van der Waals surface area (Å²) in [7, 11) is 0. The number of aliphatic hydroxyl groups is 1. The van der Waals surface area contributed by atoms with Crippen molar-refractivity contribution < 1.29 is 27.8 Å². The molecule has 1 aromatic rings. The second-order valence-electron chi connectivity index (χ2n) is 4.14. The second kappa shape index (κ2) is 5.49. The Hall–Kier alpha value is -2.09. The predicted molar refractivity (Wildman–Crippen MR) is 64.5 cm³/mol. The fourth-order valence-corrected chi connectivity index (χ4v) is 1.53. The minimum atomic E-state index is -4.93. The first kappa shape index (κ1) is 14.3. The smallest absolute Gasteiger partial charge is 0.471 e. The quantitative estimate of drug-likeness (QED) is 0.862. The number of rotatable bonds is 2. The van der Waals surface area contributed by atoms with E-state index in [-0.39, 0.29) is 18.8 Å². The number of aliphatic imine (C=N–C) groups is 1. The maximum absolute atomic E-state index is 12.1. The Morgan fingerprint density at radius 1 is 1.35 bits per heavy atom. The van der Waals surface area contributed by atoms with Gasteiger partial charge in [-0.15, -0.1) is 0 Å². The number of anilines is 1. The van der Waals surface area contributed by atoms with Gasteiger partial charge in [-0.3, -0.25) is 4.79 Å². The highest BCUT2D eigenvalue weighted by molar-refractivity contribution is 5.97. The molecule has 1 aromatic carbocycles. The minimum Gasteiger partial charge on any atom is -0.475 e. The Kier molecular flexibility index (Phi) is 3.93. The van der Waals surface area contributed by atoms with Crippen molar-refractivity contribution in [2.24, 2.45) is 4.99 Å². The van der Waals surface area contributed by atoms with Gasteiger partial charge in [0.1, 0.15) is 12.7 Å². The standard InChI is InChI=1S/C12H11F3N2O3/c13-12(14,15)11(19)17-8-3-1-7(2-4-8)10-16-5-9(18)6-20-10/h1-4,9,18H,5-6H2,(H,17,19). The summed E-state index contributed by atoms with van der Waals surface area (Å²) in [5.41, 5.74) is 0.578. The van der Waals surface area contributed by atoms with E-state index in [9.17, 15) is 23.1 Å². The summed E-state index contributed by atoms with van der Waals surface area (Å²) < 4.78 is 41.4. The van der Waals surface area contributed by atoms with E-state index in [0.29, 0.717) is 11.5 Å². The Bertz CT molecular complexity index is 526. The highest BCUT2D eigenvalue weighted by atomic mass is 19.4. The maximum Gasteiger partial charge on any atom is 0.471 e. The molecule has 8 heteroatoms. The summed E-state index contributed by atoms with van der Waals surface area (Å²) in [6.07, 6.45) is -5.57. The van der Waals surface area contributed by atoms with Crippen LogP contribution in [0.25, 0.3) is 0 Å². The number of amides is 1. The molecule has 5 nitrogen and oxygen atoms in total. The average molecular weight is 288 g/mol. The molecule has 0 radical (unpaired) electrons. The van der Waals surface area contributed by atoms with Gasteiger partial charge in [0, 0.05) is 11.3 Å². The molecular formula is C12H11F3N2O3. The lowest BCUT2D eigenvalue weighted by molar-refractivity contribution is -0.167. The van der Waals surface area contributed by atoms with Crippen molar-refractivity contribution in [3.05, 3.63) is 29.8 Å². The lowest BCUT2D eigenvalue weighted by Gasteiger charge is -2.18. The van der Waals surface area contributed by atoms with Crippen LogP contribution in [-0.4, -0.2) is 42.3 Å². The van der Waals surface area contributed by atoms with Gasteiger partial charge < -0.3 is 15.2 Å². The Morgan fingerprint density at radius 3 is 2.50 bits per heavy atom. The average Bonchev–Trinajstić information content (AvgIpc) is 2.39. The first-order chi connectivity index (χ1) is 9.36. The SMILES string of the molecule is O=C(Nc1ccc(C2=NCC(O)CO2)cc1)C(F)(F)F. The third-order valence-electron chi connectivity index (χ3n) is 2.51. The van der Waals surface area contributed by atoms with Gasteiger partial charge in [0.2, 0.25) is 5.90 Å². The van der Waals surface area contributed by atoms with Crippen LogP contribution in [0.4, 0.5) is 18.9 Å². The van der Waals surface area contributed by atoms with Crippen LogP contribution < -0.4 is 5.32 Å². The van der Waals surface area contributed by atoms with Crippen LogP contribution in [0.15, 0.2) is 29.3 Å². The molecule has 2 N–H and O–H groups in total. The Morgan fingerprint density at radius 2 is 2.00 bits per heavy atom. The molecule has 20 heavy (non-hydrogen) atoms. The zero-order valence-electron chi connectivity index (χ0n) is 10.1. The van der Waals surface area contributed by atoms with E-state index in [2.05, 4.69) is 4.99 Å². The van der Waals surface area contributed by atoms with Crippen molar-refractivity contribution in [1.82, 2.24) is 0 Å². The van der Waals surface area contributed by atoms with Crippen LogP contribution in [0.3, 0.4) is 0 Å². The van der Waals surface area contributed by atoms with E-state index in [1.165, 1.54) is 24.3 Å². The summed E-state index contributed by atoms with van der Waals surface area (Å²) in [5.74, 6) is -1.72. The van der Waals surface area contributed by atoms with Gasteiger partial charge in [0.25, 0.3) is 0 Å². The van der Waals surface area contributed by atoms with Crippen molar-refractivity contribution in [2.75, 3.05) is 18.5 Å². The first-order valence-corrected chi connectivity index (χ1v) is 5.70. The molecule has 0 spiro atoms. The summed E-state index contributed by atoms with van der Waals surface area (Å²) in [6, 6.07) is 5.58. The number of alkyl halides is 3. The Labute approximate surface area is 112 Å². The fourth-order valence-electron chi connectivity index (χ4n) is 1.53.